The standard InChI is InChI=1S/C15H24ClNO/c1-5-15(4,18-7-3)14(17-6-2)12-10-8-9-11-13(12)16/h8-11,14,17H,5-7H2,1-4H3. The van der Waals surface area contributed by atoms with Gasteiger partial charge in [-0.2, -0.15) is 0 Å². The molecule has 0 aliphatic heterocycles. The summed E-state index contributed by atoms with van der Waals surface area (Å²) in [5.74, 6) is 0. The lowest BCUT2D eigenvalue weighted by Gasteiger charge is -2.38. The van der Waals surface area contributed by atoms with Gasteiger partial charge in [-0.05, 0) is 38.4 Å². The zero-order valence-electron chi connectivity index (χ0n) is 11.8. The SMILES string of the molecule is CCNC(c1ccccc1Cl)C(C)(CC)OCC. The number of hydrogen-bond acceptors (Lipinski definition) is 2. The van der Waals surface area contributed by atoms with Gasteiger partial charge in [-0.25, -0.2) is 0 Å². The smallest absolute Gasteiger partial charge is 0.0846 e. The monoisotopic (exact) mass is 269 g/mol. The van der Waals surface area contributed by atoms with Crippen molar-refractivity contribution in [1.29, 1.82) is 0 Å². The van der Waals surface area contributed by atoms with Crippen molar-refractivity contribution in [2.24, 2.45) is 0 Å². The van der Waals surface area contributed by atoms with Crippen LogP contribution in [-0.2, 0) is 4.74 Å². The van der Waals surface area contributed by atoms with E-state index in [0.29, 0.717) is 6.61 Å². The van der Waals surface area contributed by atoms with E-state index >= 15 is 0 Å². The van der Waals surface area contributed by atoms with Crippen molar-refractivity contribution >= 4 is 11.6 Å². The van der Waals surface area contributed by atoms with Crippen LogP contribution in [0.2, 0.25) is 5.02 Å². The summed E-state index contributed by atoms with van der Waals surface area (Å²) in [6.45, 7) is 10.0. The molecular weight excluding hydrogens is 246 g/mol. The summed E-state index contributed by atoms with van der Waals surface area (Å²) in [5, 5.41) is 4.30. The minimum Gasteiger partial charge on any atom is -0.374 e. The van der Waals surface area contributed by atoms with E-state index in [1.165, 1.54) is 0 Å². The second-order valence-corrected chi connectivity index (χ2v) is 5.02. The van der Waals surface area contributed by atoms with Crippen molar-refractivity contribution in [3.8, 4) is 0 Å². The Kier molecular flexibility index (Phi) is 6.13. The van der Waals surface area contributed by atoms with E-state index in [2.05, 4.69) is 32.2 Å². The van der Waals surface area contributed by atoms with Gasteiger partial charge in [-0.3, -0.25) is 0 Å². The predicted octanol–water partition coefficient (Wildman–Crippen LogP) is 4.20. The van der Waals surface area contributed by atoms with Gasteiger partial charge in [-0.15, -0.1) is 0 Å². The third kappa shape index (κ3) is 3.47. The van der Waals surface area contributed by atoms with Gasteiger partial charge in [0.1, 0.15) is 0 Å². The first-order chi connectivity index (χ1) is 8.59. The van der Waals surface area contributed by atoms with E-state index in [1.807, 2.05) is 25.1 Å². The van der Waals surface area contributed by atoms with E-state index in [9.17, 15) is 0 Å². The zero-order valence-corrected chi connectivity index (χ0v) is 12.6. The lowest BCUT2D eigenvalue weighted by molar-refractivity contribution is -0.0559. The molecule has 0 amide bonds. The Morgan fingerprint density at radius 2 is 1.94 bits per heavy atom. The van der Waals surface area contributed by atoms with Crippen LogP contribution in [0, 0.1) is 0 Å². The number of rotatable bonds is 7. The van der Waals surface area contributed by atoms with E-state index in [0.717, 1.165) is 23.6 Å². The number of benzene rings is 1. The molecule has 3 heteroatoms. The summed E-state index contributed by atoms with van der Waals surface area (Å²) < 4.78 is 5.98. The highest BCUT2D eigenvalue weighted by atomic mass is 35.5. The van der Waals surface area contributed by atoms with Crippen molar-refractivity contribution < 1.29 is 4.74 Å². The molecule has 0 saturated carbocycles. The van der Waals surface area contributed by atoms with Crippen molar-refractivity contribution in [2.75, 3.05) is 13.2 Å². The van der Waals surface area contributed by atoms with E-state index < -0.39 is 0 Å². The number of hydrogen-bond donors (Lipinski definition) is 1. The molecule has 102 valence electrons. The minimum atomic E-state index is -0.240. The maximum absolute atomic E-state index is 6.32. The molecule has 1 rings (SSSR count). The molecule has 0 aromatic heterocycles. The highest BCUT2D eigenvalue weighted by Gasteiger charge is 2.34. The molecule has 18 heavy (non-hydrogen) atoms. The lowest BCUT2D eigenvalue weighted by atomic mass is 9.87. The Labute approximate surface area is 116 Å². The molecule has 2 unspecified atom stereocenters. The Morgan fingerprint density at radius 1 is 1.28 bits per heavy atom. The third-order valence-corrected chi connectivity index (χ3v) is 3.76. The van der Waals surface area contributed by atoms with Crippen LogP contribution < -0.4 is 5.32 Å². The van der Waals surface area contributed by atoms with Crippen LogP contribution >= 0.6 is 11.6 Å². The number of ether oxygens (including phenoxy) is 1. The molecule has 1 aromatic rings. The third-order valence-electron chi connectivity index (χ3n) is 3.41. The molecule has 2 atom stereocenters. The van der Waals surface area contributed by atoms with E-state index in [4.69, 9.17) is 16.3 Å². The van der Waals surface area contributed by atoms with Crippen LogP contribution in [0.1, 0.15) is 45.7 Å². The Morgan fingerprint density at radius 3 is 2.44 bits per heavy atom. The fourth-order valence-corrected chi connectivity index (χ4v) is 2.53. The first kappa shape index (κ1) is 15.5. The largest absolute Gasteiger partial charge is 0.374 e. The van der Waals surface area contributed by atoms with Gasteiger partial charge in [0.2, 0.25) is 0 Å². The average Bonchev–Trinajstić information content (AvgIpc) is 2.37. The highest BCUT2D eigenvalue weighted by molar-refractivity contribution is 6.31. The molecule has 0 radical (unpaired) electrons. The maximum Gasteiger partial charge on any atom is 0.0846 e. The molecule has 0 heterocycles. The van der Waals surface area contributed by atoms with Crippen LogP contribution in [-0.4, -0.2) is 18.8 Å². The van der Waals surface area contributed by atoms with Crippen molar-refractivity contribution in [1.82, 2.24) is 5.32 Å². The molecule has 0 aliphatic carbocycles. The number of nitrogens with one attached hydrogen (secondary N) is 1. The van der Waals surface area contributed by atoms with Crippen LogP contribution in [0.4, 0.5) is 0 Å². The average molecular weight is 270 g/mol. The van der Waals surface area contributed by atoms with Gasteiger partial charge < -0.3 is 10.1 Å². The molecule has 0 bridgehead atoms. The van der Waals surface area contributed by atoms with Crippen molar-refractivity contribution in [2.45, 2.75) is 45.8 Å². The fraction of sp³-hybridized carbons (Fsp3) is 0.600. The van der Waals surface area contributed by atoms with Crippen LogP contribution in [0.3, 0.4) is 0 Å². The Balaban J connectivity index is 3.12. The number of halogens is 1. The van der Waals surface area contributed by atoms with Gasteiger partial charge in [-0.1, -0.05) is 43.6 Å². The molecular formula is C15H24ClNO. The van der Waals surface area contributed by atoms with Gasteiger partial charge in [0.25, 0.3) is 0 Å². The van der Waals surface area contributed by atoms with Gasteiger partial charge in [0.15, 0.2) is 0 Å². The molecule has 0 aliphatic rings. The number of likely N-dealkylation sites (N-methyl/N-ethyl adjacent to an activating group) is 1. The highest BCUT2D eigenvalue weighted by Crippen LogP contribution is 2.35. The van der Waals surface area contributed by atoms with E-state index in [1.54, 1.807) is 0 Å². The summed E-state index contributed by atoms with van der Waals surface area (Å²) in [7, 11) is 0. The topological polar surface area (TPSA) is 21.3 Å². The molecule has 0 saturated heterocycles. The molecule has 1 N–H and O–H groups in total. The minimum absolute atomic E-state index is 0.112. The first-order valence-corrected chi connectivity index (χ1v) is 7.08. The maximum atomic E-state index is 6.32. The second-order valence-electron chi connectivity index (χ2n) is 4.61. The fourth-order valence-electron chi connectivity index (χ4n) is 2.29. The first-order valence-electron chi connectivity index (χ1n) is 6.70. The van der Waals surface area contributed by atoms with Crippen LogP contribution in [0.25, 0.3) is 0 Å². The second kappa shape index (κ2) is 7.13. The summed E-state index contributed by atoms with van der Waals surface area (Å²) in [5.41, 5.74) is 0.870. The summed E-state index contributed by atoms with van der Waals surface area (Å²) in [4.78, 5) is 0. The van der Waals surface area contributed by atoms with Gasteiger partial charge in [0.05, 0.1) is 11.6 Å². The van der Waals surface area contributed by atoms with Gasteiger partial charge >= 0.3 is 0 Å². The molecule has 1 aromatic carbocycles. The predicted molar refractivity (Wildman–Crippen MR) is 78.2 cm³/mol. The summed E-state index contributed by atoms with van der Waals surface area (Å²) in [6, 6.07) is 8.10. The van der Waals surface area contributed by atoms with Crippen molar-refractivity contribution in [3.63, 3.8) is 0 Å². The Bertz CT molecular complexity index is 369. The quantitative estimate of drug-likeness (QED) is 0.801. The molecule has 0 spiro atoms. The van der Waals surface area contributed by atoms with Crippen molar-refractivity contribution in [3.05, 3.63) is 34.9 Å². The summed E-state index contributed by atoms with van der Waals surface area (Å²) >= 11 is 6.32. The van der Waals surface area contributed by atoms with Crippen LogP contribution in [0.5, 0.6) is 0 Å². The summed E-state index contributed by atoms with van der Waals surface area (Å²) in [6.07, 6.45) is 0.934. The van der Waals surface area contributed by atoms with Gasteiger partial charge in [0, 0.05) is 11.6 Å². The molecule has 0 fully saturated rings. The van der Waals surface area contributed by atoms with Crippen LogP contribution in [0.15, 0.2) is 24.3 Å². The normalized spacial score (nSPS) is 16.3. The zero-order chi connectivity index (χ0) is 13.6. The van der Waals surface area contributed by atoms with E-state index in [-0.39, 0.29) is 11.6 Å². The Hall–Kier alpha value is -0.570. The molecule has 2 nitrogen and oxygen atoms in total. The lowest BCUT2D eigenvalue weighted by Crippen LogP contribution is -2.43.